The predicted octanol–water partition coefficient (Wildman–Crippen LogP) is 5.93. The third kappa shape index (κ3) is 5.60. The average molecular weight is 404 g/mol. The van der Waals surface area contributed by atoms with E-state index in [-0.39, 0.29) is 11.7 Å². The first-order valence-corrected chi connectivity index (χ1v) is 10.4. The van der Waals surface area contributed by atoms with E-state index in [1.807, 2.05) is 90.1 Å². The lowest BCUT2D eigenvalue weighted by atomic mass is 9.72. The van der Waals surface area contributed by atoms with Crippen molar-refractivity contribution in [2.45, 2.75) is 60.9 Å². The Kier molecular flexibility index (Phi) is 7.26. The number of carbonyl (C=O) groups excluding carboxylic acids is 2. The second-order valence-electron chi connectivity index (χ2n) is 9.53. The van der Waals surface area contributed by atoms with E-state index < -0.39 is 10.8 Å². The number of para-hydroxylation sites is 1. The van der Waals surface area contributed by atoms with Crippen LogP contribution in [0.15, 0.2) is 48.5 Å². The Morgan fingerprint density at radius 3 is 2.17 bits per heavy atom. The van der Waals surface area contributed by atoms with Crippen molar-refractivity contribution in [1.82, 2.24) is 0 Å². The molecule has 0 radical (unpaired) electrons. The summed E-state index contributed by atoms with van der Waals surface area (Å²) in [6.07, 6.45) is 6.46. The zero-order chi connectivity index (χ0) is 22.5. The van der Waals surface area contributed by atoms with Crippen molar-refractivity contribution in [2.75, 3.05) is 4.90 Å². The third-order valence-corrected chi connectivity index (χ3v) is 5.47. The Morgan fingerprint density at radius 1 is 0.967 bits per heavy atom. The van der Waals surface area contributed by atoms with Gasteiger partial charge in [0.05, 0.1) is 6.54 Å². The first-order valence-electron chi connectivity index (χ1n) is 10.4. The molecule has 0 bridgehead atoms. The van der Waals surface area contributed by atoms with Crippen molar-refractivity contribution in [1.29, 1.82) is 0 Å². The number of hydrogen-bond acceptors (Lipinski definition) is 2. The zero-order valence-corrected chi connectivity index (χ0v) is 19.1. The Hall–Kier alpha value is -2.86. The summed E-state index contributed by atoms with van der Waals surface area (Å²) >= 11 is 0. The van der Waals surface area contributed by atoms with Gasteiger partial charge in [0.2, 0.25) is 5.91 Å². The van der Waals surface area contributed by atoms with E-state index in [9.17, 15) is 9.59 Å². The molecular formula is C27H33NO2. The number of rotatable bonds is 7. The molecule has 2 aromatic rings. The Balaban J connectivity index is 2.31. The first-order chi connectivity index (χ1) is 14.0. The van der Waals surface area contributed by atoms with Crippen LogP contribution in [0.25, 0.3) is 0 Å². The molecule has 0 aliphatic rings. The maximum Gasteiger partial charge on any atom is 0.227 e. The third-order valence-electron chi connectivity index (χ3n) is 5.47. The van der Waals surface area contributed by atoms with Gasteiger partial charge in [0.1, 0.15) is 5.78 Å². The van der Waals surface area contributed by atoms with E-state index in [4.69, 9.17) is 6.42 Å². The largest absolute Gasteiger partial charge is 0.308 e. The van der Waals surface area contributed by atoms with E-state index in [1.54, 1.807) is 4.90 Å². The highest BCUT2D eigenvalue weighted by Gasteiger charge is 2.36. The summed E-state index contributed by atoms with van der Waals surface area (Å²) in [7, 11) is 0. The molecule has 2 aromatic carbocycles. The van der Waals surface area contributed by atoms with Gasteiger partial charge in [-0.25, -0.2) is 0 Å². The summed E-state index contributed by atoms with van der Waals surface area (Å²) in [6, 6.07) is 15.5. The highest BCUT2D eigenvalue weighted by atomic mass is 16.2. The lowest BCUT2D eigenvalue weighted by Crippen LogP contribution is -2.37. The van der Waals surface area contributed by atoms with Crippen molar-refractivity contribution < 1.29 is 9.59 Å². The number of amides is 1. The minimum atomic E-state index is -0.567. The van der Waals surface area contributed by atoms with Gasteiger partial charge in [-0.3, -0.25) is 9.59 Å². The van der Waals surface area contributed by atoms with Crippen molar-refractivity contribution >= 4 is 17.4 Å². The molecule has 0 saturated carbocycles. The minimum absolute atomic E-state index is 0.00842. The van der Waals surface area contributed by atoms with E-state index in [0.29, 0.717) is 19.4 Å². The molecule has 0 N–H and O–H groups in total. The SMILES string of the molecule is C#Cc1ccccc1CN(C(=O)CCC(C)(C)C(=O)C(C)(C)C)c1ccccc1C. The van der Waals surface area contributed by atoms with Gasteiger partial charge in [0, 0.05) is 28.5 Å². The highest BCUT2D eigenvalue weighted by Crippen LogP contribution is 2.34. The van der Waals surface area contributed by atoms with Crippen LogP contribution < -0.4 is 4.90 Å². The maximum atomic E-state index is 13.4. The summed E-state index contributed by atoms with van der Waals surface area (Å²) in [4.78, 5) is 28.0. The molecule has 158 valence electrons. The first kappa shape index (κ1) is 23.4. The van der Waals surface area contributed by atoms with Crippen LogP contribution >= 0.6 is 0 Å². The Labute approximate surface area is 181 Å². The second-order valence-corrected chi connectivity index (χ2v) is 9.53. The number of carbonyl (C=O) groups is 2. The fraction of sp³-hybridized carbons (Fsp3) is 0.407. The number of terminal acetylenes is 1. The van der Waals surface area contributed by atoms with E-state index in [0.717, 1.165) is 22.4 Å². The van der Waals surface area contributed by atoms with Crippen LogP contribution in [0.5, 0.6) is 0 Å². The number of Topliss-reactive ketones (excluding diaryl/α,β-unsaturated/α-hetero) is 1. The summed E-state index contributed by atoms with van der Waals surface area (Å²) < 4.78 is 0. The molecule has 0 aliphatic heterocycles. The number of hydrogen-bond donors (Lipinski definition) is 0. The molecule has 0 aliphatic carbocycles. The number of nitrogens with zero attached hydrogens (tertiary/aromatic N) is 1. The standard InChI is InChI=1S/C27H33NO2/c1-8-21-14-10-11-15-22(21)19-28(23-16-12-9-13-20(23)2)24(29)17-18-27(6,7)25(30)26(3,4)5/h1,9-16H,17-19H2,2-7H3. The lowest BCUT2D eigenvalue weighted by molar-refractivity contribution is -0.135. The molecule has 0 unspecified atom stereocenters. The van der Waals surface area contributed by atoms with Gasteiger partial charge in [-0.15, -0.1) is 6.42 Å². The maximum absolute atomic E-state index is 13.4. The summed E-state index contributed by atoms with van der Waals surface area (Å²) in [5, 5.41) is 0. The van der Waals surface area contributed by atoms with E-state index >= 15 is 0 Å². The molecule has 1 amide bonds. The van der Waals surface area contributed by atoms with Crippen molar-refractivity contribution in [2.24, 2.45) is 10.8 Å². The lowest BCUT2D eigenvalue weighted by Gasteiger charge is -2.32. The van der Waals surface area contributed by atoms with E-state index in [2.05, 4.69) is 5.92 Å². The molecule has 0 spiro atoms. The topological polar surface area (TPSA) is 37.4 Å². The van der Waals surface area contributed by atoms with Crippen LogP contribution in [0.1, 0.15) is 64.2 Å². The predicted molar refractivity (Wildman–Crippen MR) is 124 cm³/mol. The second kappa shape index (κ2) is 9.30. The zero-order valence-electron chi connectivity index (χ0n) is 19.1. The molecule has 30 heavy (non-hydrogen) atoms. The molecule has 0 aromatic heterocycles. The number of anilines is 1. The molecule has 0 fully saturated rings. The Bertz CT molecular complexity index is 957. The molecule has 2 rings (SSSR count). The average Bonchev–Trinajstić information content (AvgIpc) is 2.70. The molecular weight excluding hydrogens is 370 g/mol. The molecule has 3 heteroatoms. The van der Waals surface area contributed by atoms with Crippen LogP contribution in [0.3, 0.4) is 0 Å². The van der Waals surface area contributed by atoms with Gasteiger partial charge < -0.3 is 4.90 Å². The van der Waals surface area contributed by atoms with Gasteiger partial charge in [-0.05, 0) is 36.6 Å². The number of aryl methyl sites for hydroxylation is 1. The molecule has 0 heterocycles. The fourth-order valence-corrected chi connectivity index (χ4v) is 3.83. The van der Waals surface area contributed by atoms with Crippen molar-refractivity contribution in [3.8, 4) is 12.3 Å². The van der Waals surface area contributed by atoms with Crippen LogP contribution in [0.2, 0.25) is 0 Å². The quantitative estimate of drug-likeness (QED) is 0.537. The Morgan fingerprint density at radius 2 is 1.57 bits per heavy atom. The van der Waals surface area contributed by atoms with Crippen LogP contribution in [0.4, 0.5) is 5.69 Å². The van der Waals surface area contributed by atoms with Gasteiger partial charge in [-0.2, -0.15) is 0 Å². The van der Waals surface area contributed by atoms with Gasteiger partial charge >= 0.3 is 0 Å². The smallest absolute Gasteiger partial charge is 0.227 e. The summed E-state index contributed by atoms with van der Waals surface area (Å²) in [5.74, 6) is 2.87. The fourth-order valence-electron chi connectivity index (χ4n) is 3.83. The van der Waals surface area contributed by atoms with Crippen LogP contribution in [-0.2, 0) is 16.1 Å². The van der Waals surface area contributed by atoms with Gasteiger partial charge in [0.25, 0.3) is 0 Å². The highest BCUT2D eigenvalue weighted by molar-refractivity contribution is 5.95. The van der Waals surface area contributed by atoms with Crippen molar-refractivity contribution in [3.05, 3.63) is 65.2 Å². The van der Waals surface area contributed by atoms with Gasteiger partial charge in [0.15, 0.2) is 0 Å². The minimum Gasteiger partial charge on any atom is -0.308 e. The molecule has 0 atom stereocenters. The van der Waals surface area contributed by atoms with E-state index in [1.165, 1.54) is 0 Å². The summed E-state index contributed by atoms with van der Waals surface area (Å²) in [6.45, 7) is 12.0. The number of ketones is 1. The van der Waals surface area contributed by atoms with Gasteiger partial charge in [-0.1, -0.05) is 76.9 Å². The molecule has 0 saturated heterocycles. The van der Waals surface area contributed by atoms with Crippen LogP contribution in [0, 0.1) is 30.1 Å². The van der Waals surface area contributed by atoms with Crippen LogP contribution in [-0.4, -0.2) is 11.7 Å². The summed E-state index contributed by atoms with van der Waals surface area (Å²) in [5.41, 5.74) is 2.60. The van der Waals surface area contributed by atoms with Crippen molar-refractivity contribution in [3.63, 3.8) is 0 Å². The normalized spacial score (nSPS) is 11.6. The number of benzene rings is 2. The molecule has 3 nitrogen and oxygen atoms in total. The monoisotopic (exact) mass is 403 g/mol.